The van der Waals surface area contributed by atoms with Crippen LogP contribution in [-0.2, 0) is 0 Å². The number of hydrogen-bond donors (Lipinski definition) is 1. The van der Waals surface area contributed by atoms with Crippen molar-refractivity contribution in [2.75, 3.05) is 0 Å². The van der Waals surface area contributed by atoms with E-state index >= 15 is 0 Å². The van der Waals surface area contributed by atoms with Crippen LogP contribution < -0.4 is 0 Å². The molecule has 0 spiro atoms. The molecule has 0 aliphatic carbocycles. The van der Waals surface area contributed by atoms with Crippen LogP contribution in [0, 0.1) is 24.0 Å². The summed E-state index contributed by atoms with van der Waals surface area (Å²) in [5.41, 5.74) is 3.29. The number of aromatic nitrogens is 3. The van der Waals surface area contributed by atoms with Crippen molar-refractivity contribution in [2.24, 2.45) is 4.99 Å². The largest absolute Gasteiger partial charge is 0.270 e. The molecule has 0 saturated carbocycles. The first kappa shape index (κ1) is 13.9. The van der Waals surface area contributed by atoms with E-state index in [9.17, 15) is 10.1 Å². The highest BCUT2D eigenvalue weighted by Crippen LogP contribution is 2.25. The maximum Gasteiger partial charge on any atom is 0.270 e. The third-order valence-electron chi connectivity index (χ3n) is 3.25. The third kappa shape index (κ3) is 2.56. The van der Waals surface area contributed by atoms with Gasteiger partial charge >= 0.3 is 0 Å². The predicted octanol–water partition coefficient (Wildman–Crippen LogP) is 3.23. The van der Waals surface area contributed by atoms with Gasteiger partial charge in [-0.05, 0) is 31.0 Å². The van der Waals surface area contributed by atoms with Crippen LogP contribution in [0.4, 0.5) is 11.5 Å². The molecule has 2 heterocycles. The standard InChI is InChI=1S/C15H13N5O2/c1-9-6-10(2)17-15-13(9)14(18-19-15)16-8-11-4-3-5-12(7-11)20(21)22/h3-8H,1-2H3,(H,17,18,19). The van der Waals surface area contributed by atoms with Gasteiger partial charge in [-0.3, -0.25) is 15.2 Å². The third-order valence-corrected chi connectivity index (χ3v) is 3.25. The number of aryl methyl sites for hydroxylation is 2. The van der Waals surface area contributed by atoms with E-state index in [1.165, 1.54) is 12.1 Å². The lowest BCUT2D eigenvalue weighted by Crippen LogP contribution is -1.89. The minimum atomic E-state index is -0.432. The zero-order valence-electron chi connectivity index (χ0n) is 12.1. The number of H-pyrrole nitrogens is 1. The molecule has 7 heteroatoms. The monoisotopic (exact) mass is 295 g/mol. The number of nitro groups is 1. The van der Waals surface area contributed by atoms with Crippen LogP contribution in [0.3, 0.4) is 0 Å². The summed E-state index contributed by atoms with van der Waals surface area (Å²) in [4.78, 5) is 19.0. The van der Waals surface area contributed by atoms with E-state index in [4.69, 9.17) is 0 Å². The van der Waals surface area contributed by atoms with Crippen molar-refractivity contribution in [2.45, 2.75) is 13.8 Å². The van der Waals surface area contributed by atoms with Crippen molar-refractivity contribution in [1.29, 1.82) is 0 Å². The Morgan fingerprint density at radius 3 is 2.91 bits per heavy atom. The number of hydrogen-bond acceptors (Lipinski definition) is 5. The summed E-state index contributed by atoms with van der Waals surface area (Å²) in [6.45, 7) is 3.89. The topological polar surface area (TPSA) is 97.1 Å². The molecule has 3 rings (SSSR count). The molecule has 3 aromatic rings. The molecular formula is C15H13N5O2. The predicted molar refractivity (Wildman–Crippen MR) is 83.7 cm³/mol. The number of nitrogens with zero attached hydrogens (tertiary/aromatic N) is 4. The maximum absolute atomic E-state index is 10.8. The van der Waals surface area contributed by atoms with Crippen LogP contribution in [0.25, 0.3) is 11.0 Å². The van der Waals surface area contributed by atoms with Crippen molar-refractivity contribution in [3.63, 3.8) is 0 Å². The van der Waals surface area contributed by atoms with E-state index in [0.717, 1.165) is 16.6 Å². The van der Waals surface area contributed by atoms with Crippen LogP contribution in [0.15, 0.2) is 35.3 Å². The molecule has 0 saturated heterocycles. The van der Waals surface area contributed by atoms with E-state index in [1.54, 1.807) is 18.3 Å². The minimum absolute atomic E-state index is 0.0318. The van der Waals surface area contributed by atoms with E-state index in [2.05, 4.69) is 20.2 Å². The second-order valence-electron chi connectivity index (χ2n) is 4.96. The molecule has 2 aromatic heterocycles. The summed E-state index contributed by atoms with van der Waals surface area (Å²) in [5.74, 6) is 0.520. The lowest BCUT2D eigenvalue weighted by atomic mass is 10.2. The zero-order chi connectivity index (χ0) is 15.7. The summed E-state index contributed by atoms with van der Waals surface area (Å²) in [6.07, 6.45) is 1.56. The summed E-state index contributed by atoms with van der Waals surface area (Å²) < 4.78 is 0. The number of pyridine rings is 1. The van der Waals surface area contributed by atoms with Gasteiger partial charge in [0.1, 0.15) is 0 Å². The van der Waals surface area contributed by atoms with Crippen molar-refractivity contribution in [3.8, 4) is 0 Å². The number of rotatable bonds is 3. The van der Waals surface area contributed by atoms with Crippen LogP contribution in [0.2, 0.25) is 0 Å². The van der Waals surface area contributed by atoms with Gasteiger partial charge < -0.3 is 0 Å². The van der Waals surface area contributed by atoms with Crippen molar-refractivity contribution in [3.05, 3.63) is 57.3 Å². The van der Waals surface area contributed by atoms with E-state index in [1.807, 2.05) is 19.9 Å². The summed E-state index contributed by atoms with van der Waals surface area (Å²) in [5, 5.41) is 18.6. The molecule has 1 N–H and O–H groups in total. The Bertz CT molecular complexity index is 898. The first-order valence-electron chi connectivity index (χ1n) is 6.65. The van der Waals surface area contributed by atoms with Gasteiger partial charge in [0.05, 0.1) is 10.3 Å². The molecule has 1 aromatic carbocycles. The molecule has 0 atom stereocenters. The van der Waals surface area contributed by atoms with Crippen LogP contribution in [0.5, 0.6) is 0 Å². The van der Waals surface area contributed by atoms with Crippen molar-refractivity contribution >= 4 is 28.8 Å². The highest BCUT2D eigenvalue weighted by atomic mass is 16.6. The SMILES string of the molecule is Cc1cc(C)c2c(N=Cc3cccc([N+](=O)[O-])c3)n[nH]c2n1. The molecule has 7 nitrogen and oxygen atoms in total. The number of non-ortho nitro benzene ring substituents is 1. The van der Waals surface area contributed by atoms with Gasteiger partial charge in [-0.1, -0.05) is 12.1 Å². The Kier molecular flexibility index (Phi) is 3.38. The second kappa shape index (κ2) is 5.36. The molecule has 0 fully saturated rings. The van der Waals surface area contributed by atoms with E-state index < -0.39 is 4.92 Å². The fourth-order valence-electron chi connectivity index (χ4n) is 2.31. The number of aromatic amines is 1. The second-order valence-corrected chi connectivity index (χ2v) is 4.96. The summed E-state index contributed by atoms with van der Waals surface area (Å²) in [7, 11) is 0. The lowest BCUT2D eigenvalue weighted by molar-refractivity contribution is -0.384. The van der Waals surface area contributed by atoms with Crippen LogP contribution in [-0.4, -0.2) is 26.3 Å². The average molecular weight is 295 g/mol. The quantitative estimate of drug-likeness (QED) is 0.455. The molecule has 0 radical (unpaired) electrons. The van der Waals surface area contributed by atoms with Crippen molar-refractivity contribution in [1.82, 2.24) is 15.2 Å². The smallest absolute Gasteiger partial charge is 0.259 e. The lowest BCUT2D eigenvalue weighted by Gasteiger charge is -1.98. The number of nitro benzene ring substituents is 1. The van der Waals surface area contributed by atoms with Crippen LogP contribution >= 0.6 is 0 Å². The summed E-state index contributed by atoms with van der Waals surface area (Å²) in [6, 6.07) is 8.24. The Morgan fingerprint density at radius 2 is 2.14 bits per heavy atom. The maximum atomic E-state index is 10.8. The first-order chi connectivity index (χ1) is 10.5. The highest BCUT2D eigenvalue weighted by Gasteiger charge is 2.09. The minimum Gasteiger partial charge on any atom is -0.259 e. The van der Waals surface area contributed by atoms with Gasteiger partial charge in [0.2, 0.25) is 0 Å². The molecule has 0 amide bonds. The molecule has 22 heavy (non-hydrogen) atoms. The molecular weight excluding hydrogens is 282 g/mol. The molecule has 0 unspecified atom stereocenters. The zero-order valence-corrected chi connectivity index (χ0v) is 12.1. The van der Waals surface area contributed by atoms with Gasteiger partial charge in [0.15, 0.2) is 11.5 Å². The van der Waals surface area contributed by atoms with Gasteiger partial charge in [0.25, 0.3) is 5.69 Å². The van der Waals surface area contributed by atoms with Crippen molar-refractivity contribution < 1.29 is 4.92 Å². The Labute approximate surface area is 125 Å². The molecule has 110 valence electrons. The van der Waals surface area contributed by atoms with Gasteiger partial charge in [-0.2, -0.15) is 5.10 Å². The fourth-order valence-corrected chi connectivity index (χ4v) is 2.31. The Balaban J connectivity index is 2.00. The first-order valence-corrected chi connectivity index (χ1v) is 6.65. The normalized spacial score (nSPS) is 11.4. The number of benzene rings is 1. The molecule has 0 aliphatic heterocycles. The van der Waals surface area contributed by atoms with Crippen LogP contribution in [0.1, 0.15) is 16.8 Å². The molecule has 0 aliphatic rings. The Morgan fingerprint density at radius 1 is 1.32 bits per heavy atom. The van der Waals surface area contributed by atoms with E-state index in [-0.39, 0.29) is 5.69 Å². The average Bonchev–Trinajstić information content (AvgIpc) is 2.88. The van der Waals surface area contributed by atoms with Gasteiger partial charge in [-0.25, -0.2) is 9.98 Å². The molecule has 0 bridgehead atoms. The highest BCUT2D eigenvalue weighted by molar-refractivity contribution is 5.92. The van der Waals surface area contributed by atoms with E-state index in [0.29, 0.717) is 17.0 Å². The fraction of sp³-hybridized carbons (Fsp3) is 0.133. The number of aliphatic imine (C=N–C) groups is 1. The summed E-state index contributed by atoms with van der Waals surface area (Å²) >= 11 is 0. The number of fused-ring (bicyclic) bond motifs is 1. The Hall–Kier alpha value is -3.09. The van der Waals surface area contributed by atoms with Gasteiger partial charge in [-0.15, -0.1) is 0 Å². The van der Waals surface area contributed by atoms with Gasteiger partial charge in [0, 0.05) is 24.0 Å². The number of nitrogens with one attached hydrogen (secondary N) is 1.